The van der Waals surface area contributed by atoms with Crippen LogP contribution in [-0.4, -0.2) is 25.0 Å². The molecule has 0 saturated heterocycles. The molecule has 0 heterocycles. The van der Waals surface area contributed by atoms with Gasteiger partial charge < -0.3 is 5.32 Å². The van der Waals surface area contributed by atoms with Crippen LogP contribution in [-0.2, 0) is 4.79 Å². The van der Waals surface area contributed by atoms with E-state index in [-0.39, 0.29) is 0 Å². The molecule has 0 spiro atoms. The van der Waals surface area contributed by atoms with E-state index in [0.29, 0.717) is 5.56 Å². The third-order valence-corrected chi connectivity index (χ3v) is 3.34. The Hall–Kier alpha value is -1.80. The molecule has 1 aromatic rings. The van der Waals surface area contributed by atoms with Crippen LogP contribution in [0.4, 0.5) is 0 Å². The molecule has 1 amide bonds. The minimum atomic E-state index is -1.29. The van der Waals surface area contributed by atoms with Gasteiger partial charge in [-0.2, -0.15) is 5.26 Å². The summed E-state index contributed by atoms with van der Waals surface area (Å²) in [6.45, 7) is 1.79. The van der Waals surface area contributed by atoms with Crippen LogP contribution in [0.3, 0.4) is 0 Å². The summed E-state index contributed by atoms with van der Waals surface area (Å²) in [6, 6.07) is 7.18. The standard InChI is InChI=1S/C13H14N2O2S/c1-8-4-5-9(18-3)6-10(8)12(16)11(7-14)13(17)15-2/h4-6,11H,1-3H3,(H,15,17)/t11-/m0/s1. The summed E-state index contributed by atoms with van der Waals surface area (Å²) in [5.74, 6) is -2.31. The van der Waals surface area contributed by atoms with Crippen LogP contribution in [0.15, 0.2) is 23.1 Å². The van der Waals surface area contributed by atoms with Gasteiger partial charge in [0.05, 0.1) is 6.07 Å². The smallest absolute Gasteiger partial charge is 0.245 e. The molecule has 18 heavy (non-hydrogen) atoms. The topological polar surface area (TPSA) is 70.0 Å². The first kappa shape index (κ1) is 14.3. The van der Waals surface area contributed by atoms with Crippen LogP contribution in [0.25, 0.3) is 0 Å². The number of nitrogens with one attached hydrogen (secondary N) is 1. The number of carbonyl (C=O) groups excluding carboxylic acids is 2. The summed E-state index contributed by atoms with van der Waals surface area (Å²) in [5, 5.41) is 11.3. The van der Waals surface area contributed by atoms with E-state index in [4.69, 9.17) is 5.26 Å². The highest BCUT2D eigenvalue weighted by molar-refractivity contribution is 7.98. The van der Waals surface area contributed by atoms with Crippen molar-refractivity contribution in [3.8, 4) is 6.07 Å². The zero-order chi connectivity index (χ0) is 13.7. The van der Waals surface area contributed by atoms with Gasteiger partial charge in [0.2, 0.25) is 5.91 Å². The van der Waals surface area contributed by atoms with E-state index >= 15 is 0 Å². The molecular formula is C13H14N2O2S. The van der Waals surface area contributed by atoms with Crippen molar-refractivity contribution in [2.45, 2.75) is 11.8 Å². The molecule has 0 unspecified atom stereocenters. The van der Waals surface area contributed by atoms with Gasteiger partial charge in [-0.05, 0) is 30.9 Å². The number of benzene rings is 1. The predicted octanol–water partition coefficient (Wildman–Crippen LogP) is 1.79. The van der Waals surface area contributed by atoms with Crippen molar-refractivity contribution < 1.29 is 9.59 Å². The number of ketones is 1. The van der Waals surface area contributed by atoms with Gasteiger partial charge in [-0.1, -0.05) is 6.07 Å². The molecule has 94 valence electrons. The Morgan fingerprint density at radius 1 is 1.44 bits per heavy atom. The fraction of sp³-hybridized carbons (Fsp3) is 0.308. The third kappa shape index (κ3) is 2.90. The average molecular weight is 262 g/mol. The van der Waals surface area contributed by atoms with Crippen molar-refractivity contribution in [3.05, 3.63) is 29.3 Å². The number of aryl methyl sites for hydroxylation is 1. The summed E-state index contributed by atoms with van der Waals surface area (Å²) in [7, 11) is 1.41. The fourth-order valence-electron chi connectivity index (χ4n) is 1.53. The van der Waals surface area contributed by atoms with Gasteiger partial charge >= 0.3 is 0 Å². The van der Waals surface area contributed by atoms with Crippen LogP contribution in [0.5, 0.6) is 0 Å². The van der Waals surface area contributed by atoms with Crippen molar-refractivity contribution in [3.63, 3.8) is 0 Å². The van der Waals surface area contributed by atoms with Crippen molar-refractivity contribution in [1.82, 2.24) is 5.32 Å². The number of nitrogens with zero attached hydrogens (tertiary/aromatic N) is 1. The average Bonchev–Trinajstić information content (AvgIpc) is 2.39. The van der Waals surface area contributed by atoms with E-state index in [1.165, 1.54) is 18.8 Å². The van der Waals surface area contributed by atoms with Gasteiger partial charge in [-0.25, -0.2) is 0 Å². The number of carbonyl (C=O) groups is 2. The molecule has 0 aliphatic carbocycles. The molecule has 1 atom stereocenters. The van der Waals surface area contributed by atoms with Crippen LogP contribution in [0.1, 0.15) is 15.9 Å². The van der Waals surface area contributed by atoms with Crippen LogP contribution in [0.2, 0.25) is 0 Å². The molecule has 0 fully saturated rings. The Morgan fingerprint density at radius 3 is 2.61 bits per heavy atom. The van der Waals surface area contributed by atoms with Gasteiger partial charge in [0.15, 0.2) is 11.7 Å². The molecule has 0 radical (unpaired) electrons. The zero-order valence-corrected chi connectivity index (χ0v) is 11.3. The highest BCUT2D eigenvalue weighted by Gasteiger charge is 2.27. The minimum absolute atomic E-state index is 0.428. The Morgan fingerprint density at radius 2 is 2.11 bits per heavy atom. The molecule has 0 aliphatic heterocycles. The molecule has 0 saturated carbocycles. The summed E-state index contributed by atoms with van der Waals surface area (Å²) < 4.78 is 0. The van der Waals surface area contributed by atoms with Gasteiger partial charge in [-0.3, -0.25) is 9.59 Å². The highest BCUT2D eigenvalue weighted by Crippen LogP contribution is 2.21. The molecular weight excluding hydrogens is 248 g/mol. The number of hydrogen-bond donors (Lipinski definition) is 1. The van der Waals surface area contributed by atoms with Crippen LogP contribution in [0, 0.1) is 24.2 Å². The third-order valence-electron chi connectivity index (χ3n) is 2.61. The zero-order valence-electron chi connectivity index (χ0n) is 10.5. The quantitative estimate of drug-likeness (QED) is 0.510. The number of Topliss-reactive ketones (excluding diaryl/α,β-unsaturated/α-hetero) is 1. The Labute approximate surface area is 110 Å². The Kier molecular flexibility index (Phi) is 4.93. The lowest BCUT2D eigenvalue weighted by atomic mass is 9.95. The second kappa shape index (κ2) is 6.22. The first-order valence-corrected chi connectivity index (χ1v) is 6.57. The van der Waals surface area contributed by atoms with E-state index in [9.17, 15) is 9.59 Å². The maximum absolute atomic E-state index is 12.2. The number of nitriles is 1. The van der Waals surface area contributed by atoms with Gasteiger partial charge in [0.25, 0.3) is 0 Å². The normalized spacial score (nSPS) is 11.4. The molecule has 1 rings (SSSR count). The molecule has 4 nitrogen and oxygen atoms in total. The molecule has 0 aromatic heterocycles. The first-order valence-electron chi connectivity index (χ1n) is 5.35. The minimum Gasteiger partial charge on any atom is -0.358 e. The van der Waals surface area contributed by atoms with Crippen molar-refractivity contribution in [1.29, 1.82) is 5.26 Å². The fourth-order valence-corrected chi connectivity index (χ4v) is 1.97. The van der Waals surface area contributed by atoms with Crippen molar-refractivity contribution >= 4 is 23.5 Å². The maximum atomic E-state index is 12.2. The largest absolute Gasteiger partial charge is 0.358 e. The van der Waals surface area contributed by atoms with Gasteiger partial charge in [0, 0.05) is 17.5 Å². The number of thioether (sulfide) groups is 1. The second-order valence-electron chi connectivity index (χ2n) is 3.72. The van der Waals surface area contributed by atoms with Gasteiger partial charge in [0.1, 0.15) is 0 Å². The molecule has 1 aromatic carbocycles. The number of amides is 1. The lowest BCUT2D eigenvalue weighted by molar-refractivity contribution is -0.121. The van der Waals surface area contributed by atoms with Crippen LogP contribution >= 0.6 is 11.8 Å². The SMILES string of the molecule is CNC(=O)[C@@H](C#N)C(=O)c1cc(SC)ccc1C. The van der Waals surface area contributed by atoms with E-state index in [1.54, 1.807) is 19.1 Å². The van der Waals surface area contributed by atoms with Crippen molar-refractivity contribution in [2.75, 3.05) is 13.3 Å². The van der Waals surface area contributed by atoms with Crippen LogP contribution < -0.4 is 5.32 Å². The molecule has 5 heteroatoms. The summed E-state index contributed by atoms with van der Waals surface area (Å²) in [6.07, 6.45) is 1.90. The summed E-state index contributed by atoms with van der Waals surface area (Å²) in [5.41, 5.74) is 1.19. The van der Waals surface area contributed by atoms with Gasteiger partial charge in [-0.15, -0.1) is 11.8 Å². The molecule has 0 aliphatic rings. The second-order valence-corrected chi connectivity index (χ2v) is 4.60. The Balaban J connectivity index is 3.17. The van der Waals surface area contributed by atoms with Crippen molar-refractivity contribution in [2.24, 2.45) is 5.92 Å². The maximum Gasteiger partial charge on any atom is 0.245 e. The lowest BCUT2D eigenvalue weighted by Crippen LogP contribution is -2.32. The predicted molar refractivity (Wildman–Crippen MR) is 70.5 cm³/mol. The Bertz CT molecular complexity index is 520. The summed E-state index contributed by atoms with van der Waals surface area (Å²) in [4.78, 5) is 24.6. The van der Waals surface area contributed by atoms with E-state index < -0.39 is 17.6 Å². The molecule has 1 N–H and O–H groups in total. The van der Waals surface area contributed by atoms with E-state index in [0.717, 1.165) is 10.5 Å². The lowest BCUT2D eigenvalue weighted by Gasteiger charge is -2.10. The van der Waals surface area contributed by atoms with E-state index in [1.807, 2.05) is 18.4 Å². The summed E-state index contributed by atoms with van der Waals surface area (Å²) >= 11 is 1.51. The number of rotatable bonds is 4. The first-order chi connectivity index (χ1) is 8.54. The monoisotopic (exact) mass is 262 g/mol. The number of hydrogen-bond acceptors (Lipinski definition) is 4. The molecule has 0 bridgehead atoms. The highest BCUT2D eigenvalue weighted by atomic mass is 32.2. The van der Waals surface area contributed by atoms with E-state index in [2.05, 4.69) is 5.32 Å².